The van der Waals surface area contributed by atoms with E-state index in [1.54, 1.807) is 61.0 Å². The summed E-state index contributed by atoms with van der Waals surface area (Å²) in [5.74, 6) is -0.664. The zero-order chi connectivity index (χ0) is 16.8. The number of nitrogens with one attached hydrogen (secondary N) is 1. The predicted octanol–water partition coefficient (Wildman–Crippen LogP) is 2.50. The van der Waals surface area contributed by atoms with E-state index in [4.69, 9.17) is 4.74 Å². The van der Waals surface area contributed by atoms with Crippen LogP contribution in [0.4, 0.5) is 5.69 Å². The van der Waals surface area contributed by atoms with E-state index >= 15 is 0 Å². The number of nitrogens with zero attached hydrogens (tertiary/aromatic N) is 1. The standard InChI is InChI=1S/C17H18N2O4/c1-12(2)23-17(22)13-5-7-14(8-6-13)18-16(21)10-19-9-3-4-15(19)11-20/h3-9,11-12H,10H2,1-2H3,(H,18,21). The number of carbonyl (C=O) groups is 3. The van der Waals surface area contributed by atoms with Crippen LogP contribution >= 0.6 is 0 Å². The lowest BCUT2D eigenvalue weighted by Crippen LogP contribution is -2.19. The number of rotatable bonds is 6. The van der Waals surface area contributed by atoms with Crippen LogP contribution in [0, 0.1) is 0 Å². The van der Waals surface area contributed by atoms with Crippen molar-refractivity contribution in [2.75, 3.05) is 5.32 Å². The number of carbonyl (C=O) groups excluding carboxylic acids is 3. The molecule has 0 radical (unpaired) electrons. The van der Waals surface area contributed by atoms with E-state index in [0.717, 1.165) is 0 Å². The lowest BCUT2D eigenvalue weighted by atomic mass is 10.2. The Balaban J connectivity index is 1.96. The molecule has 0 aliphatic rings. The van der Waals surface area contributed by atoms with Crippen molar-refractivity contribution in [2.45, 2.75) is 26.5 Å². The van der Waals surface area contributed by atoms with Gasteiger partial charge in [0.2, 0.25) is 5.91 Å². The molecule has 0 aliphatic heterocycles. The molecule has 0 atom stereocenters. The van der Waals surface area contributed by atoms with Gasteiger partial charge in [0.15, 0.2) is 6.29 Å². The Bertz CT molecular complexity index is 702. The highest BCUT2D eigenvalue weighted by Crippen LogP contribution is 2.12. The first-order valence-corrected chi connectivity index (χ1v) is 7.21. The number of amides is 1. The first-order valence-electron chi connectivity index (χ1n) is 7.21. The van der Waals surface area contributed by atoms with Gasteiger partial charge >= 0.3 is 5.97 Å². The molecule has 1 amide bonds. The number of anilines is 1. The summed E-state index contributed by atoms with van der Waals surface area (Å²) in [6.07, 6.45) is 2.17. The van der Waals surface area contributed by atoms with E-state index in [0.29, 0.717) is 23.2 Å². The zero-order valence-electron chi connectivity index (χ0n) is 13.0. The highest BCUT2D eigenvalue weighted by molar-refractivity contribution is 5.93. The second-order valence-corrected chi connectivity index (χ2v) is 5.26. The highest BCUT2D eigenvalue weighted by Gasteiger charge is 2.10. The average molecular weight is 314 g/mol. The van der Waals surface area contributed by atoms with Crippen molar-refractivity contribution < 1.29 is 19.1 Å². The Hall–Kier alpha value is -2.89. The zero-order valence-corrected chi connectivity index (χ0v) is 13.0. The molecular formula is C17H18N2O4. The summed E-state index contributed by atoms with van der Waals surface area (Å²) < 4.78 is 6.64. The number of aldehydes is 1. The third-order valence-corrected chi connectivity index (χ3v) is 3.05. The van der Waals surface area contributed by atoms with Crippen molar-refractivity contribution in [3.05, 3.63) is 53.9 Å². The summed E-state index contributed by atoms with van der Waals surface area (Å²) in [4.78, 5) is 34.5. The smallest absolute Gasteiger partial charge is 0.338 e. The van der Waals surface area contributed by atoms with Crippen molar-refractivity contribution in [1.82, 2.24) is 4.57 Å². The quantitative estimate of drug-likeness (QED) is 0.656. The third-order valence-electron chi connectivity index (χ3n) is 3.05. The molecule has 0 bridgehead atoms. The molecule has 1 N–H and O–H groups in total. The van der Waals surface area contributed by atoms with Crippen LogP contribution in [0.3, 0.4) is 0 Å². The molecule has 120 valence electrons. The van der Waals surface area contributed by atoms with Crippen LogP contribution in [0.15, 0.2) is 42.6 Å². The van der Waals surface area contributed by atoms with Gasteiger partial charge in [0.25, 0.3) is 0 Å². The molecule has 1 aromatic carbocycles. The normalized spacial score (nSPS) is 10.4. The molecule has 0 saturated carbocycles. The lowest BCUT2D eigenvalue weighted by Gasteiger charge is -2.09. The van der Waals surface area contributed by atoms with Gasteiger partial charge in [-0.3, -0.25) is 9.59 Å². The molecule has 0 aliphatic carbocycles. The minimum Gasteiger partial charge on any atom is -0.459 e. The van der Waals surface area contributed by atoms with Crippen molar-refractivity contribution in [1.29, 1.82) is 0 Å². The van der Waals surface area contributed by atoms with Crippen molar-refractivity contribution in [2.24, 2.45) is 0 Å². The first kappa shape index (κ1) is 16.5. The van der Waals surface area contributed by atoms with E-state index in [-0.39, 0.29) is 18.6 Å². The molecule has 6 heteroatoms. The summed E-state index contributed by atoms with van der Waals surface area (Å²) in [6, 6.07) is 9.78. The first-order chi connectivity index (χ1) is 11.0. The number of hydrogen-bond acceptors (Lipinski definition) is 4. The van der Waals surface area contributed by atoms with Gasteiger partial charge in [-0.05, 0) is 50.2 Å². The fourth-order valence-electron chi connectivity index (χ4n) is 2.01. The Labute approximate surface area is 134 Å². The van der Waals surface area contributed by atoms with Gasteiger partial charge in [0, 0.05) is 11.9 Å². The second-order valence-electron chi connectivity index (χ2n) is 5.26. The molecule has 2 aromatic rings. The van der Waals surface area contributed by atoms with Gasteiger partial charge in [0.05, 0.1) is 17.4 Å². The maximum atomic E-state index is 12.0. The molecule has 23 heavy (non-hydrogen) atoms. The topological polar surface area (TPSA) is 77.4 Å². The van der Waals surface area contributed by atoms with Crippen LogP contribution in [-0.4, -0.2) is 28.8 Å². The van der Waals surface area contributed by atoms with Gasteiger partial charge in [-0.2, -0.15) is 0 Å². The monoisotopic (exact) mass is 314 g/mol. The highest BCUT2D eigenvalue weighted by atomic mass is 16.5. The van der Waals surface area contributed by atoms with E-state index < -0.39 is 5.97 Å². The SMILES string of the molecule is CC(C)OC(=O)c1ccc(NC(=O)Cn2cccc2C=O)cc1. The van der Waals surface area contributed by atoms with E-state index in [2.05, 4.69) is 5.32 Å². The molecule has 1 heterocycles. The number of aromatic nitrogens is 1. The Morgan fingerprint density at radius 3 is 2.52 bits per heavy atom. The maximum absolute atomic E-state index is 12.0. The summed E-state index contributed by atoms with van der Waals surface area (Å²) in [5, 5.41) is 2.71. The summed E-state index contributed by atoms with van der Waals surface area (Å²) in [5.41, 5.74) is 1.42. The number of hydrogen-bond donors (Lipinski definition) is 1. The van der Waals surface area contributed by atoms with Gasteiger partial charge < -0.3 is 14.6 Å². The second kappa shape index (κ2) is 7.40. The van der Waals surface area contributed by atoms with Gasteiger partial charge in [-0.15, -0.1) is 0 Å². The largest absolute Gasteiger partial charge is 0.459 e. The fraction of sp³-hybridized carbons (Fsp3) is 0.235. The minimum absolute atomic E-state index is 0.0399. The predicted molar refractivity (Wildman–Crippen MR) is 85.4 cm³/mol. The maximum Gasteiger partial charge on any atom is 0.338 e. The Kier molecular flexibility index (Phi) is 5.30. The van der Waals surface area contributed by atoms with Crippen LogP contribution in [0.2, 0.25) is 0 Å². The Morgan fingerprint density at radius 2 is 1.91 bits per heavy atom. The molecule has 0 saturated heterocycles. The molecule has 6 nitrogen and oxygen atoms in total. The summed E-state index contributed by atoms with van der Waals surface area (Å²) in [6.45, 7) is 3.60. The van der Waals surface area contributed by atoms with Gasteiger partial charge in [-0.1, -0.05) is 0 Å². The van der Waals surface area contributed by atoms with E-state index in [9.17, 15) is 14.4 Å². The van der Waals surface area contributed by atoms with Crippen LogP contribution < -0.4 is 5.32 Å². The van der Waals surface area contributed by atoms with E-state index in [1.807, 2.05) is 0 Å². The molecule has 0 spiro atoms. The van der Waals surface area contributed by atoms with Gasteiger partial charge in [-0.25, -0.2) is 4.79 Å². The van der Waals surface area contributed by atoms with Crippen LogP contribution in [0.1, 0.15) is 34.7 Å². The molecule has 2 rings (SSSR count). The van der Waals surface area contributed by atoms with Crippen LogP contribution in [-0.2, 0) is 16.1 Å². The number of benzene rings is 1. The van der Waals surface area contributed by atoms with Crippen LogP contribution in [0.25, 0.3) is 0 Å². The third kappa shape index (κ3) is 4.54. The molecule has 0 unspecified atom stereocenters. The minimum atomic E-state index is -0.402. The fourth-order valence-corrected chi connectivity index (χ4v) is 2.01. The van der Waals surface area contributed by atoms with Crippen LogP contribution in [0.5, 0.6) is 0 Å². The summed E-state index contributed by atoms with van der Waals surface area (Å²) >= 11 is 0. The lowest BCUT2D eigenvalue weighted by molar-refractivity contribution is -0.116. The van der Waals surface area contributed by atoms with E-state index in [1.165, 1.54) is 0 Å². The molecular weight excluding hydrogens is 296 g/mol. The number of ether oxygens (including phenoxy) is 1. The van der Waals surface area contributed by atoms with Crippen molar-refractivity contribution in [3.63, 3.8) is 0 Å². The number of esters is 1. The average Bonchev–Trinajstić information content (AvgIpc) is 2.94. The molecule has 1 aromatic heterocycles. The van der Waals surface area contributed by atoms with Crippen molar-refractivity contribution >= 4 is 23.9 Å². The summed E-state index contributed by atoms with van der Waals surface area (Å²) in [7, 11) is 0. The Morgan fingerprint density at radius 1 is 1.22 bits per heavy atom. The van der Waals surface area contributed by atoms with Gasteiger partial charge in [0.1, 0.15) is 6.54 Å². The van der Waals surface area contributed by atoms with Crippen molar-refractivity contribution in [3.8, 4) is 0 Å². The molecule has 0 fully saturated rings.